The average Bonchev–Trinajstić information content (AvgIpc) is 3.09. The van der Waals surface area contributed by atoms with E-state index in [1.54, 1.807) is 35.1 Å². The molecule has 1 amide bonds. The molecule has 3 heterocycles. The number of pyridine rings is 1. The zero-order chi connectivity index (χ0) is 19.9. The first kappa shape index (κ1) is 19.5. The Morgan fingerprint density at radius 2 is 1.82 bits per heavy atom. The summed E-state index contributed by atoms with van der Waals surface area (Å²) in [6.45, 7) is 0. The summed E-state index contributed by atoms with van der Waals surface area (Å²) >= 11 is 12.3. The lowest BCUT2D eigenvalue weighted by molar-refractivity contribution is 0.102. The number of anilines is 1. The van der Waals surface area contributed by atoms with Crippen molar-refractivity contribution in [3.05, 3.63) is 52.3 Å². The number of hydrogen-bond donors (Lipinski definition) is 3. The molecule has 10 heteroatoms. The van der Waals surface area contributed by atoms with Crippen molar-refractivity contribution < 1.29 is 13.9 Å². The van der Waals surface area contributed by atoms with Crippen LogP contribution in [0.4, 0.5) is 5.69 Å². The van der Waals surface area contributed by atoms with Crippen LogP contribution in [0.15, 0.2) is 36.7 Å². The molecular formula is C18H18Cl2N4O3S. The Bertz CT molecular complexity index is 1030. The first-order valence-electron chi connectivity index (χ1n) is 8.66. The normalized spacial score (nSPS) is 18.1. The largest absolute Gasteiger partial charge is 0.322 e. The maximum atomic E-state index is 12.6. The molecule has 1 saturated heterocycles. The highest BCUT2D eigenvalue weighted by Gasteiger charge is 2.27. The number of benzene rings is 1. The summed E-state index contributed by atoms with van der Waals surface area (Å²) in [7, 11) is -2.47. The minimum atomic E-state index is -2.47. The molecule has 28 heavy (non-hydrogen) atoms. The van der Waals surface area contributed by atoms with E-state index in [0.29, 0.717) is 46.1 Å². The fourth-order valence-corrected chi connectivity index (χ4v) is 5.16. The van der Waals surface area contributed by atoms with Gasteiger partial charge in [0, 0.05) is 28.4 Å². The summed E-state index contributed by atoms with van der Waals surface area (Å²) in [6.07, 6.45) is 4.25. The van der Waals surface area contributed by atoms with Crippen LogP contribution < -0.4 is 5.32 Å². The highest BCUT2D eigenvalue weighted by Crippen LogP contribution is 2.47. The van der Waals surface area contributed by atoms with Gasteiger partial charge in [-0.1, -0.05) is 23.2 Å². The summed E-state index contributed by atoms with van der Waals surface area (Å²) < 4.78 is 21.4. The van der Waals surface area contributed by atoms with Gasteiger partial charge in [0.05, 0.1) is 28.2 Å². The Kier molecular flexibility index (Phi) is 5.24. The Morgan fingerprint density at radius 1 is 1.14 bits per heavy atom. The van der Waals surface area contributed by atoms with Crippen molar-refractivity contribution in [2.75, 3.05) is 16.8 Å². The van der Waals surface area contributed by atoms with Crippen LogP contribution in [0.25, 0.3) is 11.0 Å². The van der Waals surface area contributed by atoms with Gasteiger partial charge in [0.15, 0.2) is 5.65 Å². The molecule has 7 nitrogen and oxygen atoms in total. The number of nitrogens with one attached hydrogen (secondary N) is 1. The molecule has 1 aliphatic rings. The molecule has 0 spiro atoms. The quantitative estimate of drug-likeness (QED) is 0.527. The molecule has 3 N–H and O–H groups in total. The number of carbonyl (C=O) groups excluding carboxylic acids is 1. The van der Waals surface area contributed by atoms with Crippen molar-refractivity contribution in [1.82, 2.24) is 14.8 Å². The Morgan fingerprint density at radius 3 is 2.50 bits per heavy atom. The predicted molar refractivity (Wildman–Crippen MR) is 113 cm³/mol. The third kappa shape index (κ3) is 3.83. The second-order valence-corrected chi connectivity index (χ2v) is 9.95. The van der Waals surface area contributed by atoms with E-state index in [4.69, 9.17) is 23.2 Å². The molecule has 1 fully saturated rings. The van der Waals surface area contributed by atoms with Gasteiger partial charge in [-0.2, -0.15) is 15.7 Å². The highest BCUT2D eigenvalue weighted by atomic mass is 35.5. The summed E-state index contributed by atoms with van der Waals surface area (Å²) in [5, 5.41) is 8.60. The van der Waals surface area contributed by atoms with Gasteiger partial charge in [-0.3, -0.25) is 13.9 Å². The molecule has 1 aliphatic heterocycles. The predicted octanol–water partition coefficient (Wildman–Crippen LogP) is 5.08. The molecule has 1 aromatic carbocycles. The molecule has 0 atom stereocenters. The number of halogens is 2. The van der Waals surface area contributed by atoms with Gasteiger partial charge < -0.3 is 5.32 Å². The zero-order valence-corrected chi connectivity index (χ0v) is 17.0. The summed E-state index contributed by atoms with van der Waals surface area (Å²) in [6, 6.07) is 6.79. The lowest BCUT2D eigenvalue weighted by Crippen LogP contribution is -2.24. The van der Waals surface area contributed by atoms with Gasteiger partial charge in [0.2, 0.25) is 0 Å². The van der Waals surface area contributed by atoms with E-state index in [0.717, 1.165) is 0 Å². The van der Waals surface area contributed by atoms with Crippen molar-refractivity contribution >= 4 is 56.4 Å². The Labute approximate surface area is 173 Å². The minimum Gasteiger partial charge on any atom is -0.322 e. The van der Waals surface area contributed by atoms with E-state index < -0.39 is 10.6 Å². The first-order chi connectivity index (χ1) is 13.3. The molecule has 148 valence electrons. The number of rotatable bonds is 3. The fourth-order valence-electron chi connectivity index (χ4n) is 3.26. The lowest BCUT2D eigenvalue weighted by atomic mass is 10.1. The maximum Gasteiger partial charge on any atom is 0.258 e. The molecule has 4 rings (SSSR count). The number of nitrogens with zero attached hydrogens (tertiary/aromatic N) is 3. The smallest absolute Gasteiger partial charge is 0.258 e. The monoisotopic (exact) mass is 440 g/mol. The van der Waals surface area contributed by atoms with Crippen LogP contribution in [-0.4, -0.2) is 41.3 Å². The second-order valence-electron chi connectivity index (χ2n) is 6.71. The van der Waals surface area contributed by atoms with Crippen LogP contribution in [-0.2, 0) is 0 Å². The van der Waals surface area contributed by atoms with E-state index in [-0.39, 0.29) is 22.5 Å². The molecule has 0 bridgehead atoms. The Balaban J connectivity index is 1.59. The van der Waals surface area contributed by atoms with Gasteiger partial charge in [-0.05, 0) is 37.1 Å². The van der Waals surface area contributed by atoms with Crippen molar-refractivity contribution in [3.8, 4) is 0 Å². The zero-order valence-electron chi connectivity index (χ0n) is 14.7. The first-order valence-corrected chi connectivity index (χ1v) is 11.3. The Hall–Kier alpha value is -1.84. The van der Waals surface area contributed by atoms with Crippen LogP contribution >= 0.6 is 33.8 Å². The third-order valence-electron chi connectivity index (χ3n) is 4.81. The second kappa shape index (κ2) is 7.53. The van der Waals surface area contributed by atoms with Gasteiger partial charge >= 0.3 is 0 Å². The topological polar surface area (TPSA) is 100 Å². The van der Waals surface area contributed by atoms with Crippen molar-refractivity contribution in [2.45, 2.75) is 18.9 Å². The van der Waals surface area contributed by atoms with E-state index in [2.05, 4.69) is 15.4 Å². The molecule has 0 radical (unpaired) electrons. The molecule has 3 aromatic rings. The van der Waals surface area contributed by atoms with E-state index in [9.17, 15) is 13.9 Å². The average molecular weight is 441 g/mol. The van der Waals surface area contributed by atoms with Crippen molar-refractivity contribution in [3.63, 3.8) is 0 Å². The molecule has 0 aliphatic carbocycles. The number of carbonyl (C=O) groups is 1. The van der Waals surface area contributed by atoms with Crippen molar-refractivity contribution in [2.24, 2.45) is 0 Å². The highest BCUT2D eigenvalue weighted by molar-refractivity contribution is 8.24. The SMILES string of the molecule is O=C(Nc1ccc(Cl)cc1)c1cnc2c(cnn2C2CCS(O)(O)CC2)c1Cl. The molecule has 2 aromatic heterocycles. The maximum absolute atomic E-state index is 12.6. The van der Waals surface area contributed by atoms with Gasteiger partial charge in [-0.25, -0.2) is 9.67 Å². The van der Waals surface area contributed by atoms with E-state index in [1.807, 2.05) is 0 Å². The minimum absolute atomic E-state index is 0.0229. The van der Waals surface area contributed by atoms with Crippen LogP contribution in [0.1, 0.15) is 29.2 Å². The van der Waals surface area contributed by atoms with E-state index in [1.165, 1.54) is 6.20 Å². The summed E-state index contributed by atoms with van der Waals surface area (Å²) in [5.41, 5.74) is 1.43. The van der Waals surface area contributed by atoms with Crippen LogP contribution in [0.3, 0.4) is 0 Å². The van der Waals surface area contributed by atoms with Gasteiger partial charge in [0.1, 0.15) is 0 Å². The molecule has 0 saturated carbocycles. The number of amides is 1. The fraction of sp³-hybridized carbons (Fsp3) is 0.278. The van der Waals surface area contributed by atoms with Crippen LogP contribution in [0.5, 0.6) is 0 Å². The number of hydrogen-bond acceptors (Lipinski definition) is 5. The number of fused-ring (bicyclic) bond motifs is 1. The van der Waals surface area contributed by atoms with Gasteiger partial charge in [-0.15, -0.1) is 0 Å². The van der Waals surface area contributed by atoms with Crippen LogP contribution in [0.2, 0.25) is 10.0 Å². The third-order valence-corrected chi connectivity index (χ3v) is 7.24. The van der Waals surface area contributed by atoms with Gasteiger partial charge in [0.25, 0.3) is 5.91 Å². The van der Waals surface area contributed by atoms with E-state index >= 15 is 0 Å². The van der Waals surface area contributed by atoms with Crippen LogP contribution in [0, 0.1) is 0 Å². The summed E-state index contributed by atoms with van der Waals surface area (Å²) in [5.74, 6) is 0.337. The number of aromatic nitrogens is 3. The lowest BCUT2D eigenvalue weighted by Gasteiger charge is -2.39. The molecular weight excluding hydrogens is 423 g/mol. The standard InChI is InChI=1S/C18H18Cl2N4O3S/c19-11-1-3-12(4-2-11)23-18(25)15-9-21-17-14(16(15)20)10-22-24(17)13-5-7-28(26,27)8-6-13/h1-4,9-10,13,26-27H,5-8H2,(H,23,25). The summed E-state index contributed by atoms with van der Waals surface area (Å²) in [4.78, 5) is 17.0. The molecule has 0 unspecified atom stereocenters. The van der Waals surface area contributed by atoms with Crippen molar-refractivity contribution in [1.29, 1.82) is 0 Å².